The van der Waals surface area contributed by atoms with E-state index in [-0.39, 0.29) is 21.3 Å². The molecule has 6 heteroatoms. The highest BCUT2D eigenvalue weighted by Gasteiger charge is 2.22. The Bertz CT molecular complexity index is 406. The van der Waals surface area contributed by atoms with E-state index in [0.29, 0.717) is 4.47 Å². The fourth-order valence-electron chi connectivity index (χ4n) is 1.13. The first-order valence-corrected chi connectivity index (χ1v) is 5.51. The SMILES string of the molecule is COC(=O)c1c(C)c(F)c(Br)c(N)c1Br. The summed E-state index contributed by atoms with van der Waals surface area (Å²) in [5, 5.41) is 0. The van der Waals surface area contributed by atoms with Crippen molar-refractivity contribution in [1.82, 2.24) is 0 Å². The van der Waals surface area contributed by atoms with Crippen LogP contribution in [-0.2, 0) is 4.74 Å². The van der Waals surface area contributed by atoms with Gasteiger partial charge in [0.05, 0.1) is 27.3 Å². The molecule has 0 saturated carbocycles. The first-order valence-electron chi connectivity index (χ1n) is 3.92. The summed E-state index contributed by atoms with van der Waals surface area (Å²) < 4.78 is 18.6. The number of esters is 1. The lowest BCUT2D eigenvalue weighted by molar-refractivity contribution is 0.0598. The fraction of sp³-hybridized carbons (Fsp3) is 0.222. The molecule has 0 heterocycles. The molecule has 1 aromatic rings. The van der Waals surface area contributed by atoms with Gasteiger partial charge in [-0.3, -0.25) is 0 Å². The van der Waals surface area contributed by atoms with Gasteiger partial charge in [0.15, 0.2) is 0 Å². The number of hydrogen-bond acceptors (Lipinski definition) is 3. The van der Waals surface area contributed by atoms with E-state index in [4.69, 9.17) is 5.73 Å². The van der Waals surface area contributed by atoms with E-state index in [9.17, 15) is 9.18 Å². The number of hydrogen-bond donors (Lipinski definition) is 1. The Hall–Kier alpha value is -0.620. The summed E-state index contributed by atoms with van der Waals surface area (Å²) in [6, 6.07) is 0. The number of anilines is 1. The zero-order valence-electron chi connectivity index (χ0n) is 8.03. The zero-order chi connectivity index (χ0) is 11.7. The molecule has 0 aromatic heterocycles. The van der Waals surface area contributed by atoms with Crippen molar-refractivity contribution in [3.8, 4) is 0 Å². The third-order valence-corrected chi connectivity index (χ3v) is 3.58. The van der Waals surface area contributed by atoms with Crippen molar-refractivity contribution in [2.24, 2.45) is 0 Å². The topological polar surface area (TPSA) is 52.3 Å². The van der Waals surface area contributed by atoms with Crippen molar-refractivity contribution >= 4 is 43.5 Å². The summed E-state index contributed by atoms with van der Waals surface area (Å²) in [7, 11) is 1.23. The molecule has 0 saturated heterocycles. The number of nitrogens with two attached hydrogens (primary N) is 1. The van der Waals surface area contributed by atoms with Gasteiger partial charge < -0.3 is 10.5 Å². The first-order chi connectivity index (χ1) is 6.91. The van der Waals surface area contributed by atoms with E-state index in [0.717, 1.165) is 0 Å². The second kappa shape index (κ2) is 4.49. The molecule has 0 bridgehead atoms. The van der Waals surface area contributed by atoms with Gasteiger partial charge in [-0.1, -0.05) is 0 Å². The normalized spacial score (nSPS) is 10.2. The van der Waals surface area contributed by atoms with Crippen LogP contribution in [0.25, 0.3) is 0 Å². The predicted molar refractivity (Wildman–Crippen MR) is 62.3 cm³/mol. The Morgan fingerprint density at radius 2 is 1.93 bits per heavy atom. The smallest absolute Gasteiger partial charge is 0.339 e. The minimum absolute atomic E-state index is 0.107. The van der Waals surface area contributed by atoms with Crippen molar-refractivity contribution in [2.75, 3.05) is 12.8 Å². The second-order valence-electron chi connectivity index (χ2n) is 2.85. The van der Waals surface area contributed by atoms with Crippen LogP contribution in [0.3, 0.4) is 0 Å². The van der Waals surface area contributed by atoms with Gasteiger partial charge in [0.2, 0.25) is 0 Å². The Morgan fingerprint density at radius 1 is 1.40 bits per heavy atom. The second-order valence-corrected chi connectivity index (χ2v) is 4.43. The molecule has 1 rings (SSSR count). The molecule has 0 fully saturated rings. The summed E-state index contributed by atoms with van der Waals surface area (Å²) in [5.74, 6) is -1.19. The molecule has 0 unspecified atom stereocenters. The summed E-state index contributed by atoms with van der Waals surface area (Å²) in [5.41, 5.74) is 6.04. The Morgan fingerprint density at radius 3 is 2.40 bits per heavy atom. The largest absolute Gasteiger partial charge is 0.465 e. The molecule has 0 radical (unpaired) electrons. The lowest BCUT2D eigenvalue weighted by Gasteiger charge is -2.12. The molecule has 0 atom stereocenters. The Labute approximate surface area is 103 Å². The Balaban J connectivity index is 3.60. The van der Waals surface area contributed by atoms with Crippen LogP contribution in [0, 0.1) is 12.7 Å². The quantitative estimate of drug-likeness (QED) is 0.485. The van der Waals surface area contributed by atoms with Gasteiger partial charge in [-0.2, -0.15) is 0 Å². The van der Waals surface area contributed by atoms with E-state index in [2.05, 4.69) is 36.6 Å². The number of benzene rings is 1. The van der Waals surface area contributed by atoms with E-state index >= 15 is 0 Å². The van der Waals surface area contributed by atoms with Gasteiger partial charge in [-0.05, 0) is 38.8 Å². The molecular weight excluding hydrogens is 333 g/mol. The molecule has 3 nitrogen and oxygen atoms in total. The monoisotopic (exact) mass is 339 g/mol. The van der Waals surface area contributed by atoms with Gasteiger partial charge in [0.25, 0.3) is 0 Å². The molecule has 2 N–H and O–H groups in total. The maximum absolute atomic E-state index is 13.6. The molecule has 15 heavy (non-hydrogen) atoms. The van der Waals surface area contributed by atoms with Crippen LogP contribution in [-0.4, -0.2) is 13.1 Å². The van der Waals surface area contributed by atoms with Crippen molar-refractivity contribution in [3.05, 3.63) is 25.9 Å². The molecule has 0 aliphatic heterocycles. The zero-order valence-corrected chi connectivity index (χ0v) is 11.2. The summed E-state index contributed by atoms with van der Waals surface area (Å²) >= 11 is 6.14. The summed E-state index contributed by atoms with van der Waals surface area (Å²) in [4.78, 5) is 11.4. The van der Waals surface area contributed by atoms with E-state index in [1.165, 1.54) is 14.0 Å². The molecule has 0 aliphatic carbocycles. The Kier molecular flexibility index (Phi) is 3.72. The molecule has 0 spiro atoms. The number of methoxy groups -OCH3 is 1. The number of halogens is 3. The van der Waals surface area contributed by atoms with Crippen LogP contribution >= 0.6 is 31.9 Å². The predicted octanol–water partition coefficient (Wildman–Crippen LogP) is 3.03. The third kappa shape index (κ3) is 2.01. The molecule has 0 aliphatic rings. The number of ether oxygens (including phenoxy) is 1. The highest BCUT2D eigenvalue weighted by molar-refractivity contribution is 9.11. The minimum atomic E-state index is -0.627. The number of rotatable bonds is 1. The van der Waals surface area contributed by atoms with Crippen molar-refractivity contribution in [3.63, 3.8) is 0 Å². The van der Waals surface area contributed by atoms with E-state index in [1.807, 2.05) is 0 Å². The van der Waals surface area contributed by atoms with E-state index in [1.54, 1.807) is 0 Å². The highest BCUT2D eigenvalue weighted by Crippen LogP contribution is 2.36. The fourth-order valence-corrected chi connectivity index (χ4v) is 2.55. The lowest BCUT2D eigenvalue weighted by Crippen LogP contribution is -2.09. The van der Waals surface area contributed by atoms with Crippen LogP contribution in [0.15, 0.2) is 8.95 Å². The maximum Gasteiger partial charge on any atom is 0.339 e. The number of nitrogen functional groups attached to an aromatic ring is 1. The number of carbonyl (C=O) groups excluding carboxylic acids is 1. The standard InChI is InChI=1S/C9H8Br2FNO2/c1-3-4(9(14)15-2)5(10)8(13)6(11)7(3)12/h13H2,1-2H3. The van der Waals surface area contributed by atoms with E-state index < -0.39 is 11.8 Å². The molecular formula is C9H8Br2FNO2. The average molecular weight is 341 g/mol. The highest BCUT2D eigenvalue weighted by atomic mass is 79.9. The first kappa shape index (κ1) is 12.4. The van der Waals surface area contributed by atoms with Crippen LogP contribution in [0.1, 0.15) is 15.9 Å². The van der Waals surface area contributed by atoms with Crippen LogP contribution < -0.4 is 5.73 Å². The summed E-state index contributed by atoms with van der Waals surface area (Å²) in [6.07, 6.45) is 0. The third-order valence-electron chi connectivity index (χ3n) is 1.98. The van der Waals surface area contributed by atoms with Crippen LogP contribution in [0.2, 0.25) is 0 Å². The van der Waals surface area contributed by atoms with Gasteiger partial charge in [-0.25, -0.2) is 9.18 Å². The maximum atomic E-state index is 13.6. The average Bonchev–Trinajstić information content (AvgIpc) is 2.23. The minimum Gasteiger partial charge on any atom is -0.465 e. The van der Waals surface area contributed by atoms with Gasteiger partial charge in [0, 0.05) is 5.56 Å². The van der Waals surface area contributed by atoms with Crippen molar-refractivity contribution < 1.29 is 13.9 Å². The van der Waals surface area contributed by atoms with Crippen molar-refractivity contribution in [2.45, 2.75) is 6.92 Å². The van der Waals surface area contributed by atoms with Gasteiger partial charge >= 0.3 is 5.97 Å². The number of carbonyl (C=O) groups is 1. The van der Waals surface area contributed by atoms with Crippen LogP contribution in [0.4, 0.5) is 10.1 Å². The molecule has 0 amide bonds. The molecule has 82 valence electrons. The summed E-state index contributed by atoms with van der Waals surface area (Å²) in [6.45, 7) is 1.48. The van der Waals surface area contributed by atoms with Crippen molar-refractivity contribution in [1.29, 1.82) is 0 Å². The van der Waals surface area contributed by atoms with Crippen LogP contribution in [0.5, 0.6) is 0 Å². The van der Waals surface area contributed by atoms with Gasteiger partial charge in [0.1, 0.15) is 5.82 Å². The lowest BCUT2D eigenvalue weighted by atomic mass is 10.1. The molecule has 1 aromatic carbocycles. The van der Waals surface area contributed by atoms with Gasteiger partial charge in [-0.15, -0.1) is 0 Å².